The van der Waals surface area contributed by atoms with Crippen molar-refractivity contribution in [2.24, 2.45) is 0 Å². The average molecular weight is 327 g/mol. The molecule has 0 aliphatic carbocycles. The second-order valence-corrected chi connectivity index (χ2v) is 5.37. The van der Waals surface area contributed by atoms with Crippen LogP contribution in [-0.4, -0.2) is 39.1 Å². The smallest absolute Gasteiger partial charge is 0.258 e. The zero-order chi connectivity index (χ0) is 17.4. The van der Waals surface area contributed by atoms with E-state index in [0.717, 1.165) is 5.69 Å². The number of nitrogens with one attached hydrogen (secondary N) is 2. The normalized spacial score (nSPS) is 9.92. The quantitative estimate of drug-likeness (QED) is 0.815. The van der Waals surface area contributed by atoms with Gasteiger partial charge < -0.3 is 20.3 Å². The topological polar surface area (TPSA) is 70.7 Å². The molecule has 0 aromatic heterocycles. The average Bonchev–Trinajstić information content (AvgIpc) is 2.59. The molecule has 0 heterocycles. The fourth-order valence-electron chi connectivity index (χ4n) is 1.94. The Balaban J connectivity index is 1.71. The predicted octanol–water partition coefficient (Wildman–Crippen LogP) is 1.89. The molecule has 0 saturated heterocycles. The molecule has 0 radical (unpaired) electrons. The summed E-state index contributed by atoms with van der Waals surface area (Å²) in [4.78, 5) is 25.5. The Morgan fingerprint density at radius 3 is 2.25 bits per heavy atom. The van der Waals surface area contributed by atoms with Gasteiger partial charge in [-0.3, -0.25) is 9.59 Å². The highest BCUT2D eigenvalue weighted by Gasteiger charge is 2.07. The molecule has 2 aromatic rings. The summed E-state index contributed by atoms with van der Waals surface area (Å²) in [6.07, 6.45) is 0. The van der Waals surface area contributed by atoms with Crippen LogP contribution in [0.3, 0.4) is 0 Å². The van der Waals surface area contributed by atoms with Gasteiger partial charge in [0.15, 0.2) is 6.61 Å². The van der Waals surface area contributed by atoms with E-state index in [0.29, 0.717) is 11.4 Å². The maximum absolute atomic E-state index is 11.8. The van der Waals surface area contributed by atoms with Gasteiger partial charge in [-0.1, -0.05) is 18.2 Å². The van der Waals surface area contributed by atoms with Gasteiger partial charge in [-0.15, -0.1) is 0 Å². The largest absolute Gasteiger partial charge is 0.484 e. The first-order valence-electron chi connectivity index (χ1n) is 7.56. The fourth-order valence-corrected chi connectivity index (χ4v) is 1.94. The fraction of sp³-hybridized carbons (Fsp3) is 0.222. The van der Waals surface area contributed by atoms with Crippen molar-refractivity contribution in [3.8, 4) is 5.75 Å². The molecule has 6 nitrogen and oxygen atoms in total. The molecule has 2 aromatic carbocycles. The Kier molecular flexibility index (Phi) is 6.19. The summed E-state index contributed by atoms with van der Waals surface area (Å²) < 4.78 is 5.31. The zero-order valence-corrected chi connectivity index (χ0v) is 13.8. The van der Waals surface area contributed by atoms with Crippen LogP contribution < -0.4 is 20.3 Å². The third-order valence-electron chi connectivity index (χ3n) is 3.23. The number of anilines is 2. The lowest BCUT2D eigenvalue weighted by Crippen LogP contribution is -2.35. The highest BCUT2D eigenvalue weighted by molar-refractivity contribution is 5.94. The van der Waals surface area contributed by atoms with Crippen LogP contribution in [0.15, 0.2) is 54.6 Å². The molecular weight excluding hydrogens is 306 g/mol. The summed E-state index contributed by atoms with van der Waals surface area (Å²) in [5.41, 5.74) is 1.72. The van der Waals surface area contributed by atoms with Crippen LogP contribution in [-0.2, 0) is 9.59 Å². The van der Waals surface area contributed by atoms with E-state index in [4.69, 9.17) is 4.74 Å². The molecule has 6 heteroatoms. The van der Waals surface area contributed by atoms with Crippen LogP contribution in [0, 0.1) is 0 Å². The number of hydrogen-bond acceptors (Lipinski definition) is 4. The van der Waals surface area contributed by atoms with E-state index >= 15 is 0 Å². The van der Waals surface area contributed by atoms with Gasteiger partial charge in [0.2, 0.25) is 5.91 Å². The number of benzene rings is 2. The molecule has 0 unspecified atom stereocenters. The van der Waals surface area contributed by atoms with E-state index in [-0.39, 0.29) is 25.0 Å². The van der Waals surface area contributed by atoms with Crippen molar-refractivity contribution < 1.29 is 14.3 Å². The van der Waals surface area contributed by atoms with E-state index in [2.05, 4.69) is 10.6 Å². The molecule has 0 fully saturated rings. The van der Waals surface area contributed by atoms with Gasteiger partial charge in [-0.25, -0.2) is 0 Å². The van der Waals surface area contributed by atoms with Crippen LogP contribution >= 0.6 is 0 Å². The van der Waals surface area contributed by atoms with Gasteiger partial charge in [0, 0.05) is 25.5 Å². The van der Waals surface area contributed by atoms with Crippen molar-refractivity contribution in [1.82, 2.24) is 5.32 Å². The van der Waals surface area contributed by atoms with Crippen LogP contribution in [0.25, 0.3) is 0 Å². The minimum Gasteiger partial charge on any atom is -0.484 e. The maximum Gasteiger partial charge on any atom is 0.258 e. The molecule has 2 N–H and O–H groups in total. The second-order valence-electron chi connectivity index (χ2n) is 5.37. The van der Waals surface area contributed by atoms with Crippen molar-refractivity contribution >= 4 is 23.2 Å². The molecule has 0 saturated carbocycles. The Labute approximate surface area is 141 Å². The summed E-state index contributed by atoms with van der Waals surface area (Å²) in [5.74, 6) is -0.0318. The molecule has 0 aliphatic rings. The minimum absolute atomic E-state index is 0.105. The van der Waals surface area contributed by atoms with Crippen molar-refractivity contribution in [3.63, 3.8) is 0 Å². The number of carbonyl (C=O) groups is 2. The van der Waals surface area contributed by atoms with Crippen LogP contribution in [0.4, 0.5) is 11.4 Å². The highest BCUT2D eigenvalue weighted by Crippen LogP contribution is 2.15. The minimum atomic E-state index is -0.350. The lowest BCUT2D eigenvalue weighted by Gasteiger charge is -2.13. The maximum atomic E-state index is 11.8. The molecule has 2 amide bonds. The monoisotopic (exact) mass is 327 g/mol. The molecule has 24 heavy (non-hydrogen) atoms. The first-order chi connectivity index (χ1) is 11.5. The summed E-state index contributed by atoms with van der Waals surface area (Å²) in [5, 5.41) is 5.24. The standard InChI is InChI=1S/C18H21N3O3/c1-21(2)15-10-8-14(9-11-15)20-17(22)12-19-18(23)13-24-16-6-4-3-5-7-16/h3-11H,12-13H2,1-2H3,(H,19,23)(H,20,22). The summed E-state index contributed by atoms with van der Waals surface area (Å²) in [7, 11) is 3.89. The first-order valence-corrected chi connectivity index (χ1v) is 7.56. The SMILES string of the molecule is CN(C)c1ccc(NC(=O)CNC(=O)COc2ccccc2)cc1. The zero-order valence-electron chi connectivity index (χ0n) is 13.8. The van der Waals surface area contributed by atoms with E-state index in [1.54, 1.807) is 12.1 Å². The number of carbonyl (C=O) groups excluding carboxylic acids is 2. The van der Waals surface area contributed by atoms with E-state index in [1.165, 1.54) is 0 Å². The highest BCUT2D eigenvalue weighted by atomic mass is 16.5. The molecule has 2 rings (SSSR count). The van der Waals surface area contributed by atoms with Gasteiger partial charge >= 0.3 is 0 Å². The van der Waals surface area contributed by atoms with Crippen molar-refractivity contribution in [1.29, 1.82) is 0 Å². The number of hydrogen-bond donors (Lipinski definition) is 2. The van der Waals surface area contributed by atoms with Gasteiger partial charge in [0.05, 0.1) is 6.54 Å². The number of amides is 2. The molecule has 0 spiro atoms. The number of nitrogens with zero attached hydrogens (tertiary/aromatic N) is 1. The Hall–Kier alpha value is -3.02. The second kappa shape index (κ2) is 8.57. The first kappa shape index (κ1) is 17.3. The number of rotatable bonds is 7. The van der Waals surface area contributed by atoms with Crippen LogP contribution in [0.1, 0.15) is 0 Å². The summed E-state index contributed by atoms with van der Waals surface area (Å²) >= 11 is 0. The van der Waals surface area contributed by atoms with Crippen molar-refractivity contribution in [2.75, 3.05) is 37.5 Å². The van der Waals surface area contributed by atoms with Crippen LogP contribution in [0.5, 0.6) is 5.75 Å². The van der Waals surface area contributed by atoms with Crippen molar-refractivity contribution in [2.45, 2.75) is 0 Å². The molecule has 0 bridgehead atoms. The third-order valence-corrected chi connectivity index (χ3v) is 3.23. The Morgan fingerprint density at radius 1 is 0.958 bits per heavy atom. The summed E-state index contributed by atoms with van der Waals surface area (Å²) in [6.45, 7) is -0.235. The van der Waals surface area contributed by atoms with Gasteiger partial charge in [0.1, 0.15) is 5.75 Å². The van der Waals surface area contributed by atoms with Crippen molar-refractivity contribution in [3.05, 3.63) is 54.6 Å². The van der Waals surface area contributed by atoms with Crippen LogP contribution in [0.2, 0.25) is 0 Å². The van der Waals surface area contributed by atoms with Gasteiger partial charge in [-0.2, -0.15) is 0 Å². The summed E-state index contributed by atoms with van der Waals surface area (Å²) in [6, 6.07) is 16.5. The molecule has 0 aliphatic heterocycles. The number of para-hydroxylation sites is 1. The van der Waals surface area contributed by atoms with E-state index in [9.17, 15) is 9.59 Å². The van der Waals surface area contributed by atoms with E-state index < -0.39 is 0 Å². The predicted molar refractivity (Wildman–Crippen MR) is 94.3 cm³/mol. The van der Waals surface area contributed by atoms with E-state index in [1.807, 2.05) is 61.5 Å². The van der Waals surface area contributed by atoms with Gasteiger partial charge in [0.25, 0.3) is 5.91 Å². The molecular formula is C18H21N3O3. The lowest BCUT2D eigenvalue weighted by molar-refractivity contribution is -0.125. The third kappa shape index (κ3) is 5.64. The lowest BCUT2D eigenvalue weighted by atomic mass is 10.2. The number of ether oxygens (including phenoxy) is 1. The van der Waals surface area contributed by atoms with Gasteiger partial charge in [-0.05, 0) is 36.4 Å². The molecule has 0 atom stereocenters. The Bertz CT molecular complexity index is 670. The Morgan fingerprint density at radius 2 is 1.62 bits per heavy atom. The molecule has 126 valence electrons.